The zero-order valence-electron chi connectivity index (χ0n) is 9.06. The Morgan fingerprint density at radius 1 is 1.00 bits per heavy atom. The van der Waals surface area contributed by atoms with Gasteiger partial charge in [0.05, 0.1) is 0 Å². The van der Waals surface area contributed by atoms with Gasteiger partial charge in [-0.05, 0) is 5.92 Å². The lowest BCUT2D eigenvalue weighted by Crippen LogP contribution is -2.31. The van der Waals surface area contributed by atoms with Gasteiger partial charge < -0.3 is 10.2 Å². The molecular formula is C10H16O5. The fraction of sp³-hybridized carbons (Fsp3) is 0.700. The lowest BCUT2D eigenvalue weighted by Gasteiger charge is -2.16. The Balaban J connectivity index is 4.53. The van der Waals surface area contributed by atoms with Gasteiger partial charge in [-0.1, -0.05) is 20.8 Å². The zero-order chi connectivity index (χ0) is 12.2. The molecule has 0 radical (unpaired) electrons. The first-order valence-corrected chi connectivity index (χ1v) is 4.75. The molecule has 86 valence electrons. The van der Waals surface area contributed by atoms with Crippen molar-refractivity contribution in [3.8, 4) is 0 Å². The topological polar surface area (TPSA) is 91.7 Å². The summed E-state index contributed by atoms with van der Waals surface area (Å²) in [5.41, 5.74) is 0. The summed E-state index contributed by atoms with van der Waals surface area (Å²) in [6.07, 6.45) is -0.0130. The highest BCUT2D eigenvalue weighted by atomic mass is 16.4. The summed E-state index contributed by atoms with van der Waals surface area (Å²) < 4.78 is 0. The van der Waals surface area contributed by atoms with Gasteiger partial charge in [0.25, 0.3) is 0 Å². The Labute approximate surface area is 88.1 Å². The molecule has 15 heavy (non-hydrogen) atoms. The highest BCUT2D eigenvalue weighted by Gasteiger charge is 2.33. The van der Waals surface area contributed by atoms with E-state index >= 15 is 0 Å². The van der Waals surface area contributed by atoms with E-state index in [0.29, 0.717) is 0 Å². The maximum atomic E-state index is 11.3. The van der Waals surface area contributed by atoms with Crippen LogP contribution in [0.2, 0.25) is 0 Å². The summed E-state index contributed by atoms with van der Waals surface area (Å²) >= 11 is 0. The molecule has 0 saturated carbocycles. The highest BCUT2D eigenvalue weighted by Crippen LogP contribution is 2.18. The van der Waals surface area contributed by atoms with E-state index in [4.69, 9.17) is 10.2 Å². The molecule has 5 nitrogen and oxygen atoms in total. The third-order valence-corrected chi connectivity index (χ3v) is 2.27. The number of hydrogen-bond acceptors (Lipinski definition) is 3. The molecule has 0 bridgehead atoms. The van der Waals surface area contributed by atoms with Gasteiger partial charge in [-0.25, -0.2) is 0 Å². The SMILES string of the molecule is CC(C)C(=O)CC(C)C(C(=O)O)C(=O)O. The van der Waals surface area contributed by atoms with Crippen LogP contribution >= 0.6 is 0 Å². The third kappa shape index (κ3) is 4.10. The minimum absolute atomic E-state index is 0.0130. The maximum absolute atomic E-state index is 11.3. The monoisotopic (exact) mass is 216 g/mol. The van der Waals surface area contributed by atoms with Gasteiger partial charge in [0, 0.05) is 12.3 Å². The van der Waals surface area contributed by atoms with Gasteiger partial charge in [-0.15, -0.1) is 0 Å². The lowest BCUT2D eigenvalue weighted by atomic mass is 9.87. The van der Waals surface area contributed by atoms with Crippen LogP contribution in [0.15, 0.2) is 0 Å². The average molecular weight is 216 g/mol. The number of carboxylic acid groups (broad SMARTS) is 2. The van der Waals surface area contributed by atoms with Crippen molar-refractivity contribution in [2.75, 3.05) is 0 Å². The normalized spacial score (nSPS) is 12.9. The Morgan fingerprint density at radius 2 is 1.40 bits per heavy atom. The molecule has 0 aromatic heterocycles. The predicted molar refractivity (Wildman–Crippen MR) is 52.4 cm³/mol. The van der Waals surface area contributed by atoms with Crippen LogP contribution in [-0.4, -0.2) is 27.9 Å². The number of hydrogen-bond donors (Lipinski definition) is 2. The van der Waals surface area contributed by atoms with E-state index < -0.39 is 23.8 Å². The van der Waals surface area contributed by atoms with Gasteiger partial charge >= 0.3 is 11.9 Å². The standard InChI is InChI=1S/C10H16O5/c1-5(2)7(11)4-6(3)8(9(12)13)10(14)15/h5-6,8H,4H2,1-3H3,(H,12,13)(H,14,15). The van der Waals surface area contributed by atoms with Crippen LogP contribution in [0.25, 0.3) is 0 Å². The van der Waals surface area contributed by atoms with Gasteiger partial charge in [0.2, 0.25) is 0 Å². The molecule has 0 fully saturated rings. The summed E-state index contributed by atoms with van der Waals surface area (Å²) in [7, 11) is 0. The minimum Gasteiger partial charge on any atom is -0.481 e. The molecule has 0 amide bonds. The summed E-state index contributed by atoms with van der Waals surface area (Å²) in [5, 5.41) is 17.3. The molecule has 0 aliphatic heterocycles. The molecule has 5 heteroatoms. The van der Waals surface area contributed by atoms with Crippen LogP contribution in [0.4, 0.5) is 0 Å². The molecule has 1 atom stereocenters. The van der Waals surface area contributed by atoms with Crippen LogP contribution in [-0.2, 0) is 14.4 Å². The second-order valence-electron chi connectivity index (χ2n) is 3.96. The molecule has 0 saturated heterocycles. The van der Waals surface area contributed by atoms with Crippen LogP contribution in [0.5, 0.6) is 0 Å². The Hall–Kier alpha value is -1.39. The molecule has 0 aromatic rings. The van der Waals surface area contributed by atoms with E-state index in [1.54, 1.807) is 13.8 Å². The fourth-order valence-electron chi connectivity index (χ4n) is 1.26. The number of carbonyl (C=O) groups is 3. The largest absolute Gasteiger partial charge is 0.481 e. The van der Waals surface area contributed by atoms with Gasteiger partial charge in [0.15, 0.2) is 5.92 Å². The van der Waals surface area contributed by atoms with Crippen molar-refractivity contribution < 1.29 is 24.6 Å². The number of rotatable bonds is 6. The first-order valence-electron chi connectivity index (χ1n) is 4.75. The number of carboxylic acids is 2. The molecule has 0 aliphatic carbocycles. The summed E-state index contributed by atoms with van der Waals surface area (Å²) in [6.45, 7) is 4.87. The lowest BCUT2D eigenvalue weighted by molar-refractivity contribution is -0.157. The molecule has 0 rings (SSSR count). The van der Waals surface area contributed by atoms with Crippen LogP contribution in [0.1, 0.15) is 27.2 Å². The van der Waals surface area contributed by atoms with Crippen LogP contribution in [0, 0.1) is 17.8 Å². The third-order valence-electron chi connectivity index (χ3n) is 2.27. The molecular weight excluding hydrogens is 200 g/mol. The Morgan fingerprint density at radius 3 is 1.67 bits per heavy atom. The predicted octanol–water partition coefficient (Wildman–Crippen LogP) is 1.02. The molecule has 0 spiro atoms. The van der Waals surface area contributed by atoms with Crippen molar-refractivity contribution in [3.05, 3.63) is 0 Å². The second kappa shape index (κ2) is 5.48. The van der Waals surface area contributed by atoms with E-state index in [-0.39, 0.29) is 18.1 Å². The van der Waals surface area contributed by atoms with Gasteiger partial charge in [-0.3, -0.25) is 14.4 Å². The number of ketones is 1. The quantitative estimate of drug-likeness (QED) is 0.647. The van der Waals surface area contributed by atoms with E-state index in [1.165, 1.54) is 6.92 Å². The van der Waals surface area contributed by atoms with Gasteiger partial charge in [-0.2, -0.15) is 0 Å². The maximum Gasteiger partial charge on any atom is 0.318 e. The number of Topliss-reactive ketones (excluding diaryl/α,β-unsaturated/α-hetero) is 1. The summed E-state index contributed by atoms with van der Waals surface area (Å²) in [4.78, 5) is 32.6. The first-order chi connectivity index (χ1) is 6.77. The van der Waals surface area contributed by atoms with E-state index in [0.717, 1.165) is 0 Å². The van der Waals surface area contributed by atoms with Crippen LogP contribution < -0.4 is 0 Å². The van der Waals surface area contributed by atoms with E-state index in [9.17, 15) is 14.4 Å². The Bertz CT molecular complexity index is 255. The molecule has 1 unspecified atom stereocenters. The zero-order valence-corrected chi connectivity index (χ0v) is 9.06. The second-order valence-corrected chi connectivity index (χ2v) is 3.96. The summed E-state index contributed by atoms with van der Waals surface area (Å²) in [6, 6.07) is 0. The van der Waals surface area contributed by atoms with Crippen molar-refractivity contribution in [3.63, 3.8) is 0 Å². The average Bonchev–Trinajstić information content (AvgIpc) is 2.01. The molecule has 0 heterocycles. The van der Waals surface area contributed by atoms with E-state index in [2.05, 4.69) is 0 Å². The molecule has 0 aliphatic rings. The van der Waals surface area contributed by atoms with Crippen LogP contribution in [0.3, 0.4) is 0 Å². The smallest absolute Gasteiger partial charge is 0.318 e. The number of aliphatic carboxylic acids is 2. The summed E-state index contributed by atoms with van der Waals surface area (Å²) in [5.74, 6) is -5.30. The fourth-order valence-corrected chi connectivity index (χ4v) is 1.26. The Kier molecular flexibility index (Phi) is 4.97. The van der Waals surface area contributed by atoms with Crippen molar-refractivity contribution in [1.82, 2.24) is 0 Å². The van der Waals surface area contributed by atoms with Crippen molar-refractivity contribution in [2.24, 2.45) is 17.8 Å². The van der Waals surface area contributed by atoms with Gasteiger partial charge in [0.1, 0.15) is 5.78 Å². The van der Waals surface area contributed by atoms with E-state index in [1.807, 2.05) is 0 Å². The van der Waals surface area contributed by atoms with Crippen molar-refractivity contribution in [1.29, 1.82) is 0 Å². The molecule has 0 aromatic carbocycles. The van der Waals surface area contributed by atoms with Crippen molar-refractivity contribution in [2.45, 2.75) is 27.2 Å². The molecule has 2 N–H and O–H groups in total. The minimum atomic E-state index is -1.51. The number of carbonyl (C=O) groups excluding carboxylic acids is 1. The highest BCUT2D eigenvalue weighted by molar-refractivity contribution is 5.94. The first kappa shape index (κ1) is 13.6. The van der Waals surface area contributed by atoms with Crippen molar-refractivity contribution >= 4 is 17.7 Å².